The van der Waals surface area contributed by atoms with E-state index >= 15 is 0 Å². The average Bonchev–Trinajstić information content (AvgIpc) is 3.26. The van der Waals surface area contributed by atoms with Crippen LogP contribution < -0.4 is 0 Å². The zero-order valence-electron chi connectivity index (χ0n) is 16.1. The van der Waals surface area contributed by atoms with Crippen molar-refractivity contribution >= 4 is 10.0 Å². The van der Waals surface area contributed by atoms with Gasteiger partial charge < -0.3 is 0 Å². The number of aryl methyl sites for hydroxylation is 1. The molecule has 3 aliphatic rings. The maximum absolute atomic E-state index is 13.2. The summed E-state index contributed by atoms with van der Waals surface area (Å²) in [5, 5.41) is 0. The van der Waals surface area contributed by atoms with Gasteiger partial charge in [-0.25, -0.2) is 8.42 Å². The lowest BCUT2D eigenvalue weighted by atomic mass is 9.82. The van der Waals surface area contributed by atoms with E-state index in [9.17, 15) is 8.42 Å². The molecule has 0 bridgehead atoms. The SMILES string of the molecule is CCCC[C@@]12C=CN(S(=O)(=O)c3ccc(C)cc3)C[C@@]13CCCCC[C@@H]32. The Labute approximate surface area is 158 Å². The minimum absolute atomic E-state index is 0.186. The summed E-state index contributed by atoms with van der Waals surface area (Å²) < 4.78 is 28.1. The first-order chi connectivity index (χ1) is 12.5. The topological polar surface area (TPSA) is 37.4 Å². The zero-order valence-corrected chi connectivity index (χ0v) is 16.9. The molecular weight excluding hydrogens is 342 g/mol. The van der Waals surface area contributed by atoms with Crippen molar-refractivity contribution in [1.29, 1.82) is 0 Å². The van der Waals surface area contributed by atoms with Gasteiger partial charge in [-0.2, -0.15) is 0 Å². The summed E-state index contributed by atoms with van der Waals surface area (Å²) >= 11 is 0. The molecule has 1 aromatic rings. The molecule has 4 rings (SSSR count). The molecule has 0 amide bonds. The fourth-order valence-electron chi connectivity index (χ4n) is 5.85. The van der Waals surface area contributed by atoms with Crippen LogP contribution in [0.2, 0.25) is 0 Å². The molecule has 1 heterocycles. The van der Waals surface area contributed by atoms with Crippen LogP contribution in [0.1, 0.15) is 63.9 Å². The van der Waals surface area contributed by atoms with E-state index in [2.05, 4.69) is 13.0 Å². The molecule has 0 aromatic heterocycles. The highest BCUT2D eigenvalue weighted by atomic mass is 32.2. The van der Waals surface area contributed by atoms with Crippen LogP contribution in [0.4, 0.5) is 0 Å². The van der Waals surface area contributed by atoms with Gasteiger partial charge in [-0.05, 0) is 44.2 Å². The second-order valence-corrected chi connectivity index (χ2v) is 10.5. The minimum atomic E-state index is -3.45. The predicted molar refractivity (Wildman–Crippen MR) is 105 cm³/mol. The maximum atomic E-state index is 13.2. The molecule has 142 valence electrons. The van der Waals surface area contributed by atoms with Crippen molar-refractivity contribution < 1.29 is 8.42 Å². The number of rotatable bonds is 5. The lowest BCUT2D eigenvalue weighted by molar-refractivity contribution is 0.265. The Morgan fingerprint density at radius 3 is 2.65 bits per heavy atom. The van der Waals surface area contributed by atoms with Crippen molar-refractivity contribution in [3.8, 4) is 0 Å². The predicted octanol–water partition coefficient (Wildman–Crippen LogP) is 5.27. The van der Waals surface area contributed by atoms with Crippen molar-refractivity contribution in [3.63, 3.8) is 0 Å². The molecular formula is C22H31NO2S. The third-order valence-electron chi connectivity index (χ3n) is 7.30. The van der Waals surface area contributed by atoms with Gasteiger partial charge in [0.15, 0.2) is 0 Å². The van der Waals surface area contributed by atoms with E-state index in [4.69, 9.17) is 0 Å². The third kappa shape index (κ3) is 2.56. The van der Waals surface area contributed by atoms with Crippen LogP contribution in [0.5, 0.6) is 0 Å². The minimum Gasteiger partial charge on any atom is -0.273 e. The normalized spacial score (nSPS) is 33.3. The third-order valence-corrected chi connectivity index (χ3v) is 9.03. The summed E-state index contributed by atoms with van der Waals surface area (Å²) in [4.78, 5) is 0.413. The molecule has 4 heteroatoms. The van der Waals surface area contributed by atoms with E-state index in [0.717, 1.165) is 5.56 Å². The van der Waals surface area contributed by atoms with Crippen LogP contribution in [0.15, 0.2) is 41.4 Å². The van der Waals surface area contributed by atoms with Crippen molar-refractivity contribution in [3.05, 3.63) is 42.1 Å². The molecule has 0 saturated heterocycles. The molecule has 2 fully saturated rings. The van der Waals surface area contributed by atoms with Crippen LogP contribution in [-0.4, -0.2) is 19.3 Å². The smallest absolute Gasteiger partial charge is 0.263 e. The van der Waals surface area contributed by atoms with Crippen molar-refractivity contribution in [2.45, 2.75) is 70.1 Å². The van der Waals surface area contributed by atoms with E-state index < -0.39 is 10.0 Å². The van der Waals surface area contributed by atoms with Gasteiger partial charge in [0, 0.05) is 23.6 Å². The monoisotopic (exact) mass is 373 g/mol. The van der Waals surface area contributed by atoms with Gasteiger partial charge in [-0.1, -0.05) is 62.8 Å². The number of nitrogens with zero attached hydrogens (tertiary/aromatic N) is 1. The molecule has 3 atom stereocenters. The Hall–Kier alpha value is -1.29. The Kier molecular flexibility index (Phi) is 4.45. The van der Waals surface area contributed by atoms with E-state index in [1.165, 1.54) is 51.4 Å². The molecule has 3 nitrogen and oxygen atoms in total. The van der Waals surface area contributed by atoms with E-state index in [1.54, 1.807) is 16.4 Å². The van der Waals surface area contributed by atoms with Gasteiger partial charge in [0.25, 0.3) is 10.0 Å². The molecule has 26 heavy (non-hydrogen) atoms. The molecule has 1 spiro atoms. The lowest BCUT2D eigenvalue weighted by Crippen LogP contribution is -2.37. The van der Waals surface area contributed by atoms with E-state index in [-0.39, 0.29) is 10.8 Å². The summed E-state index contributed by atoms with van der Waals surface area (Å²) in [7, 11) is -3.45. The van der Waals surface area contributed by atoms with Crippen LogP contribution in [0, 0.1) is 23.7 Å². The Balaban J connectivity index is 1.66. The number of benzene rings is 1. The largest absolute Gasteiger partial charge is 0.273 e. The summed E-state index contributed by atoms with van der Waals surface area (Å²) in [6.45, 7) is 4.91. The zero-order chi connectivity index (χ0) is 18.4. The van der Waals surface area contributed by atoms with Crippen molar-refractivity contribution in [2.24, 2.45) is 16.7 Å². The molecule has 1 aromatic carbocycles. The van der Waals surface area contributed by atoms with Gasteiger partial charge in [-0.15, -0.1) is 0 Å². The first-order valence-electron chi connectivity index (χ1n) is 10.2. The van der Waals surface area contributed by atoms with E-state index in [0.29, 0.717) is 17.4 Å². The number of sulfonamides is 1. The highest BCUT2D eigenvalue weighted by Crippen LogP contribution is 2.78. The summed E-state index contributed by atoms with van der Waals surface area (Å²) in [6.07, 6.45) is 14.2. The number of fused-ring (bicyclic) bond motifs is 1. The number of hydrogen-bond acceptors (Lipinski definition) is 2. The van der Waals surface area contributed by atoms with Crippen LogP contribution >= 0.6 is 0 Å². The van der Waals surface area contributed by atoms with Crippen LogP contribution in [-0.2, 0) is 10.0 Å². The first-order valence-corrected chi connectivity index (χ1v) is 11.7. The van der Waals surface area contributed by atoms with Crippen molar-refractivity contribution in [2.75, 3.05) is 6.54 Å². The van der Waals surface area contributed by atoms with Gasteiger partial charge in [0.2, 0.25) is 0 Å². The lowest BCUT2D eigenvalue weighted by Gasteiger charge is -2.34. The Morgan fingerprint density at radius 1 is 1.15 bits per heavy atom. The molecule has 1 aliphatic heterocycles. The highest BCUT2D eigenvalue weighted by Gasteiger charge is 2.74. The summed E-state index contributed by atoms with van der Waals surface area (Å²) in [6, 6.07) is 7.26. The van der Waals surface area contributed by atoms with Gasteiger partial charge in [0.05, 0.1) is 4.90 Å². The highest BCUT2D eigenvalue weighted by molar-refractivity contribution is 7.89. The van der Waals surface area contributed by atoms with E-state index in [1.807, 2.05) is 25.3 Å². The van der Waals surface area contributed by atoms with Gasteiger partial charge in [-0.3, -0.25) is 4.31 Å². The van der Waals surface area contributed by atoms with Gasteiger partial charge in [0.1, 0.15) is 0 Å². The maximum Gasteiger partial charge on any atom is 0.263 e. The fourth-order valence-corrected chi connectivity index (χ4v) is 7.22. The average molecular weight is 374 g/mol. The second-order valence-electron chi connectivity index (χ2n) is 8.63. The molecule has 0 N–H and O–H groups in total. The standard InChI is InChI=1S/C22H31NO2S/c1-3-4-13-21-15-16-23(17-22(21)14-7-5-6-8-20(21)22)26(24,25)19-11-9-18(2)10-12-19/h9-12,15-16,20H,3-8,13-14,17H2,1-2H3/t20-,21+,22-/m1/s1. The molecule has 2 aliphatic carbocycles. The molecule has 0 unspecified atom stereocenters. The van der Waals surface area contributed by atoms with Crippen molar-refractivity contribution in [1.82, 2.24) is 4.31 Å². The second kappa shape index (κ2) is 6.40. The molecule has 0 radical (unpaired) electrons. The quantitative estimate of drug-likeness (QED) is 0.705. The first kappa shape index (κ1) is 18.1. The number of unbranched alkanes of at least 4 members (excludes halogenated alkanes) is 1. The fraction of sp³-hybridized carbons (Fsp3) is 0.636. The molecule has 2 saturated carbocycles. The summed E-state index contributed by atoms with van der Waals surface area (Å²) in [5.74, 6) is 0.679. The van der Waals surface area contributed by atoms with Crippen LogP contribution in [0.25, 0.3) is 0 Å². The number of allylic oxidation sites excluding steroid dienone is 1. The van der Waals surface area contributed by atoms with Gasteiger partial charge >= 0.3 is 0 Å². The van der Waals surface area contributed by atoms with Crippen LogP contribution in [0.3, 0.4) is 0 Å². The summed E-state index contributed by atoms with van der Waals surface area (Å²) in [5.41, 5.74) is 1.54. The Morgan fingerprint density at radius 2 is 1.92 bits per heavy atom. The Bertz CT molecular complexity index is 798. The number of hydrogen-bond donors (Lipinski definition) is 0.